The number of aromatic amines is 1. The second kappa shape index (κ2) is 14.8. The molecule has 48 heavy (non-hydrogen) atoms. The van der Waals surface area contributed by atoms with E-state index >= 15 is 0 Å². The van der Waals surface area contributed by atoms with Gasteiger partial charge in [-0.1, -0.05) is 24.3 Å². The lowest BCUT2D eigenvalue weighted by Gasteiger charge is -2.37. The number of nitrogens with zero attached hydrogens (tertiary/aromatic N) is 4. The van der Waals surface area contributed by atoms with Crippen molar-refractivity contribution in [2.24, 2.45) is 0 Å². The number of carbonyl (C=O) groups is 2. The zero-order chi connectivity index (χ0) is 34.4. The van der Waals surface area contributed by atoms with Crippen molar-refractivity contribution in [1.29, 1.82) is 5.26 Å². The van der Waals surface area contributed by atoms with Crippen LogP contribution in [-0.4, -0.2) is 83.9 Å². The van der Waals surface area contributed by atoms with Crippen molar-refractivity contribution in [3.05, 3.63) is 78.1 Å². The molecule has 1 amide bonds. The van der Waals surface area contributed by atoms with Gasteiger partial charge in [0.2, 0.25) is 0 Å². The van der Waals surface area contributed by atoms with Crippen molar-refractivity contribution in [3.63, 3.8) is 0 Å². The molecule has 2 atom stereocenters. The molecule has 5 rings (SSSR count). The maximum atomic E-state index is 13.1. The molecule has 1 unspecified atom stereocenters. The molecular weight excluding hydrogens is 606 g/mol. The van der Waals surface area contributed by atoms with Gasteiger partial charge in [-0.05, 0) is 82.5 Å². The molecule has 0 aliphatic carbocycles. The van der Waals surface area contributed by atoms with E-state index < -0.39 is 29.7 Å². The molecule has 3 N–H and O–H groups in total. The van der Waals surface area contributed by atoms with Crippen molar-refractivity contribution >= 4 is 34.5 Å². The number of para-hydroxylation sites is 1. The van der Waals surface area contributed by atoms with E-state index in [1.54, 1.807) is 32.9 Å². The molecule has 1 fully saturated rings. The molecule has 3 heterocycles. The first-order chi connectivity index (χ1) is 23.0. The Morgan fingerprint density at radius 1 is 1.04 bits per heavy atom. The summed E-state index contributed by atoms with van der Waals surface area (Å²) >= 11 is 0. The molecule has 0 bridgehead atoms. The number of piperazine rings is 1. The van der Waals surface area contributed by atoms with Crippen LogP contribution in [0.25, 0.3) is 22.0 Å². The van der Waals surface area contributed by atoms with Gasteiger partial charge in [-0.3, -0.25) is 4.90 Å². The van der Waals surface area contributed by atoms with Crippen LogP contribution in [0.1, 0.15) is 50.5 Å². The van der Waals surface area contributed by atoms with Gasteiger partial charge in [0.05, 0.1) is 24.8 Å². The van der Waals surface area contributed by atoms with Crippen LogP contribution in [0.3, 0.4) is 0 Å². The molecule has 252 valence electrons. The lowest BCUT2D eigenvalue weighted by molar-refractivity contribution is 0.0501. The molecule has 0 radical (unpaired) electrons. The number of esters is 1. The van der Waals surface area contributed by atoms with Crippen LogP contribution in [0.2, 0.25) is 0 Å². The largest absolute Gasteiger partial charge is 0.465 e. The number of H-pyrrole nitrogens is 1. The Kier molecular flexibility index (Phi) is 10.5. The minimum atomic E-state index is -0.933. The number of amides is 1. The number of hydrogen-bond acceptors (Lipinski definition) is 9. The molecule has 1 aliphatic heterocycles. The standard InChI is InChI=1S/C37H45N7O4/c1-24(2)43-15-17-44(18-16-43)34-14-12-26(22-40-34)25-11-13-31(29(19-25)35(45)47-6)41-33(21-38)32(42-36(46)48-37(3,4)5)20-27-23-39-30-10-8-7-9-28(27)30/h7-14,19,22-24,32-33,39,41H,15-18,20H2,1-6H3,(H,42,46)/t32-,33?/m0/s1. The van der Waals surface area contributed by atoms with Crippen LogP contribution >= 0.6 is 0 Å². The molecule has 1 saturated heterocycles. The number of rotatable bonds is 10. The SMILES string of the molecule is COC(=O)c1cc(-c2ccc(N3CCN(C(C)C)CC3)nc2)ccc1NC(C#N)[C@H](Cc1c[nH]c2ccccc12)NC(=O)OC(C)(C)C. The van der Waals surface area contributed by atoms with E-state index in [0.29, 0.717) is 18.2 Å². The van der Waals surface area contributed by atoms with E-state index in [4.69, 9.17) is 14.5 Å². The summed E-state index contributed by atoms with van der Waals surface area (Å²) in [5.41, 5.74) is 3.43. The highest BCUT2D eigenvalue weighted by molar-refractivity contribution is 5.97. The van der Waals surface area contributed by atoms with Crippen LogP contribution in [0.4, 0.5) is 16.3 Å². The maximum Gasteiger partial charge on any atom is 0.407 e. The molecular formula is C37H45N7O4. The van der Waals surface area contributed by atoms with Crippen molar-refractivity contribution in [1.82, 2.24) is 20.2 Å². The van der Waals surface area contributed by atoms with Crippen molar-refractivity contribution in [3.8, 4) is 17.2 Å². The smallest absolute Gasteiger partial charge is 0.407 e. The van der Waals surface area contributed by atoms with E-state index in [9.17, 15) is 14.9 Å². The maximum absolute atomic E-state index is 13.1. The quantitative estimate of drug-likeness (QED) is 0.177. The number of hydrogen-bond donors (Lipinski definition) is 3. The fraction of sp³-hybridized carbons (Fsp3) is 0.405. The molecule has 1 aliphatic rings. The summed E-state index contributed by atoms with van der Waals surface area (Å²) in [4.78, 5) is 38.8. The fourth-order valence-corrected chi connectivity index (χ4v) is 5.98. The molecule has 11 nitrogen and oxygen atoms in total. The fourth-order valence-electron chi connectivity index (χ4n) is 5.98. The Morgan fingerprint density at radius 2 is 1.77 bits per heavy atom. The highest BCUT2D eigenvalue weighted by Gasteiger charge is 2.29. The lowest BCUT2D eigenvalue weighted by atomic mass is 9.98. The number of methoxy groups -OCH3 is 1. The van der Waals surface area contributed by atoms with Gasteiger partial charge in [0.1, 0.15) is 17.5 Å². The number of nitriles is 1. The number of nitrogens with one attached hydrogen (secondary N) is 3. The zero-order valence-electron chi connectivity index (χ0n) is 28.5. The number of ether oxygens (including phenoxy) is 2. The van der Waals surface area contributed by atoms with Gasteiger partial charge in [0, 0.05) is 66.8 Å². The highest BCUT2D eigenvalue weighted by Crippen LogP contribution is 2.29. The van der Waals surface area contributed by atoms with Gasteiger partial charge in [0.15, 0.2) is 0 Å². The van der Waals surface area contributed by atoms with E-state index in [-0.39, 0.29) is 5.56 Å². The van der Waals surface area contributed by atoms with Crippen molar-refractivity contribution in [2.75, 3.05) is 43.5 Å². The van der Waals surface area contributed by atoms with E-state index in [1.165, 1.54) is 7.11 Å². The Hall–Kier alpha value is -5.08. The Balaban J connectivity index is 1.39. The van der Waals surface area contributed by atoms with Gasteiger partial charge in [-0.25, -0.2) is 14.6 Å². The van der Waals surface area contributed by atoms with Gasteiger partial charge >= 0.3 is 12.1 Å². The molecule has 2 aromatic heterocycles. The third-order valence-electron chi connectivity index (χ3n) is 8.54. The highest BCUT2D eigenvalue weighted by atomic mass is 16.6. The average Bonchev–Trinajstić information content (AvgIpc) is 3.48. The van der Waals surface area contributed by atoms with E-state index in [2.05, 4.69) is 45.3 Å². The first kappa shape index (κ1) is 34.3. The molecule has 11 heteroatoms. The van der Waals surface area contributed by atoms with Crippen LogP contribution in [0.15, 0.2) is 67.0 Å². The number of pyridine rings is 1. The lowest BCUT2D eigenvalue weighted by Crippen LogP contribution is -2.49. The number of anilines is 2. The molecule has 0 saturated carbocycles. The number of alkyl carbamates (subject to hydrolysis) is 1. The Labute approximate surface area is 282 Å². The summed E-state index contributed by atoms with van der Waals surface area (Å²) in [6.07, 6.45) is 3.37. The first-order valence-electron chi connectivity index (χ1n) is 16.3. The van der Waals surface area contributed by atoms with Crippen LogP contribution in [-0.2, 0) is 15.9 Å². The summed E-state index contributed by atoms with van der Waals surface area (Å²) in [6.45, 7) is 13.6. The summed E-state index contributed by atoms with van der Waals surface area (Å²) in [6, 6.07) is 18.4. The van der Waals surface area contributed by atoms with Gasteiger partial charge in [-0.15, -0.1) is 0 Å². The van der Waals surface area contributed by atoms with E-state index in [0.717, 1.165) is 59.6 Å². The topological polar surface area (TPSA) is 136 Å². The molecule has 2 aromatic carbocycles. The monoisotopic (exact) mass is 651 g/mol. The predicted octanol–water partition coefficient (Wildman–Crippen LogP) is 5.99. The van der Waals surface area contributed by atoms with Crippen molar-refractivity contribution in [2.45, 2.75) is 64.8 Å². The molecule has 4 aromatic rings. The van der Waals surface area contributed by atoms with Gasteiger partial charge < -0.3 is 30.0 Å². The van der Waals surface area contributed by atoms with Gasteiger partial charge in [0.25, 0.3) is 0 Å². The summed E-state index contributed by atoms with van der Waals surface area (Å²) < 4.78 is 10.7. The normalized spacial score (nSPS) is 15.1. The third-order valence-corrected chi connectivity index (χ3v) is 8.54. The van der Waals surface area contributed by atoms with E-state index in [1.807, 2.05) is 54.9 Å². The summed E-state index contributed by atoms with van der Waals surface area (Å²) in [5.74, 6) is 0.362. The zero-order valence-corrected chi connectivity index (χ0v) is 28.5. The predicted molar refractivity (Wildman–Crippen MR) is 188 cm³/mol. The minimum absolute atomic E-state index is 0.257. The Bertz CT molecular complexity index is 1760. The van der Waals surface area contributed by atoms with Gasteiger partial charge in [-0.2, -0.15) is 5.26 Å². The number of carbonyl (C=O) groups excluding carboxylic acids is 2. The average molecular weight is 652 g/mol. The first-order valence-corrected chi connectivity index (χ1v) is 16.3. The van der Waals surface area contributed by atoms with Crippen molar-refractivity contribution < 1.29 is 19.1 Å². The summed E-state index contributed by atoms with van der Waals surface area (Å²) in [7, 11) is 1.32. The van der Waals surface area contributed by atoms with Crippen LogP contribution in [0.5, 0.6) is 0 Å². The molecule has 0 spiro atoms. The second-order valence-corrected chi connectivity index (χ2v) is 13.3. The summed E-state index contributed by atoms with van der Waals surface area (Å²) in [5, 5.41) is 17.5. The Morgan fingerprint density at radius 3 is 2.42 bits per heavy atom. The second-order valence-electron chi connectivity index (χ2n) is 13.3. The van der Waals surface area contributed by atoms with Crippen LogP contribution < -0.4 is 15.5 Å². The number of benzene rings is 2. The van der Waals surface area contributed by atoms with Crippen LogP contribution in [0, 0.1) is 11.3 Å². The number of aromatic nitrogens is 2. The number of fused-ring (bicyclic) bond motifs is 1. The minimum Gasteiger partial charge on any atom is -0.465 e. The third kappa shape index (κ3) is 8.25.